The van der Waals surface area contributed by atoms with E-state index in [1.165, 1.54) is 0 Å². The predicted octanol–water partition coefficient (Wildman–Crippen LogP) is 2.97. The van der Waals surface area contributed by atoms with Gasteiger partial charge in [-0.05, 0) is 43.0 Å². The first-order valence-corrected chi connectivity index (χ1v) is 4.86. The van der Waals surface area contributed by atoms with Crippen molar-refractivity contribution in [2.24, 2.45) is 0 Å². The molecular formula is C11H13ClO2. The minimum atomic E-state index is -0.767. The molecule has 0 atom stereocenters. The lowest BCUT2D eigenvalue weighted by atomic mass is 10.0. The lowest BCUT2D eigenvalue weighted by molar-refractivity contribution is -0.136. The molecule has 0 aliphatic carbocycles. The largest absolute Gasteiger partial charge is 0.481 e. The summed E-state index contributed by atoms with van der Waals surface area (Å²) in [5.74, 6) is -0.767. The highest BCUT2D eigenvalue weighted by Gasteiger charge is 2.05. The number of carboxylic acid groups (broad SMARTS) is 1. The number of carboxylic acids is 1. The van der Waals surface area contributed by atoms with E-state index in [2.05, 4.69) is 0 Å². The highest BCUT2D eigenvalue weighted by Crippen LogP contribution is 2.21. The van der Waals surface area contributed by atoms with Crippen molar-refractivity contribution in [3.8, 4) is 0 Å². The molecule has 0 unspecified atom stereocenters. The van der Waals surface area contributed by atoms with Gasteiger partial charge >= 0.3 is 5.97 Å². The fourth-order valence-corrected chi connectivity index (χ4v) is 1.57. The quantitative estimate of drug-likeness (QED) is 0.837. The van der Waals surface area contributed by atoms with E-state index in [9.17, 15) is 4.79 Å². The Morgan fingerprint density at radius 2 is 2.00 bits per heavy atom. The van der Waals surface area contributed by atoms with Gasteiger partial charge in [0.15, 0.2) is 0 Å². The number of benzene rings is 1. The topological polar surface area (TPSA) is 37.3 Å². The van der Waals surface area contributed by atoms with E-state index in [0.29, 0.717) is 6.42 Å². The Hall–Kier alpha value is -1.02. The Kier molecular flexibility index (Phi) is 3.53. The molecule has 0 bridgehead atoms. The molecule has 0 radical (unpaired) electrons. The van der Waals surface area contributed by atoms with Gasteiger partial charge in [-0.1, -0.05) is 17.7 Å². The monoisotopic (exact) mass is 212 g/mol. The molecule has 2 nitrogen and oxygen atoms in total. The minimum absolute atomic E-state index is 0.169. The van der Waals surface area contributed by atoms with Gasteiger partial charge in [0, 0.05) is 11.4 Å². The highest BCUT2D eigenvalue weighted by molar-refractivity contribution is 6.31. The summed E-state index contributed by atoms with van der Waals surface area (Å²) in [7, 11) is 0. The second kappa shape index (κ2) is 4.47. The van der Waals surface area contributed by atoms with Crippen LogP contribution < -0.4 is 0 Å². The molecule has 1 N–H and O–H groups in total. The lowest BCUT2D eigenvalue weighted by Crippen LogP contribution is -1.99. The number of hydrogen-bond donors (Lipinski definition) is 1. The standard InChI is InChI=1S/C11H13ClO2/c1-7-6-10(12)8(2)5-9(7)3-4-11(13)14/h5-6H,3-4H2,1-2H3,(H,13,14). The molecule has 0 spiro atoms. The molecule has 0 aliphatic heterocycles. The van der Waals surface area contributed by atoms with Crippen LogP contribution in [-0.2, 0) is 11.2 Å². The van der Waals surface area contributed by atoms with Crippen molar-refractivity contribution >= 4 is 17.6 Å². The molecule has 1 aromatic carbocycles. The normalized spacial score (nSPS) is 10.2. The zero-order valence-electron chi connectivity index (χ0n) is 8.30. The predicted molar refractivity (Wildman–Crippen MR) is 56.9 cm³/mol. The first kappa shape index (κ1) is 11.1. The maximum Gasteiger partial charge on any atom is 0.303 e. The molecule has 14 heavy (non-hydrogen) atoms. The first-order chi connectivity index (χ1) is 6.50. The fraction of sp³-hybridized carbons (Fsp3) is 0.364. The average molecular weight is 213 g/mol. The second-order valence-corrected chi connectivity index (χ2v) is 3.83. The van der Waals surface area contributed by atoms with E-state index >= 15 is 0 Å². The average Bonchev–Trinajstić information content (AvgIpc) is 2.09. The van der Waals surface area contributed by atoms with Gasteiger partial charge in [-0.3, -0.25) is 4.79 Å². The van der Waals surface area contributed by atoms with Crippen LogP contribution in [0.3, 0.4) is 0 Å². The van der Waals surface area contributed by atoms with Gasteiger partial charge in [-0.15, -0.1) is 0 Å². The summed E-state index contributed by atoms with van der Waals surface area (Å²) in [5.41, 5.74) is 3.12. The van der Waals surface area contributed by atoms with E-state index in [4.69, 9.17) is 16.7 Å². The molecule has 0 fully saturated rings. The van der Waals surface area contributed by atoms with Crippen LogP contribution >= 0.6 is 11.6 Å². The molecule has 76 valence electrons. The maximum atomic E-state index is 10.4. The van der Waals surface area contributed by atoms with Crippen molar-refractivity contribution in [3.05, 3.63) is 33.8 Å². The van der Waals surface area contributed by atoms with Gasteiger partial charge in [0.1, 0.15) is 0 Å². The van der Waals surface area contributed by atoms with Crippen LogP contribution in [0.25, 0.3) is 0 Å². The molecular weight excluding hydrogens is 200 g/mol. The van der Waals surface area contributed by atoms with Crippen LogP contribution in [0.2, 0.25) is 5.02 Å². The third kappa shape index (κ3) is 2.74. The van der Waals surface area contributed by atoms with Crippen LogP contribution in [-0.4, -0.2) is 11.1 Å². The van der Waals surface area contributed by atoms with Crippen LogP contribution in [0, 0.1) is 13.8 Å². The van der Waals surface area contributed by atoms with Gasteiger partial charge in [0.25, 0.3) is 0 Å². The number of carbonyl (C=O) groups is 1. The van der Waals surface area contributed by atoms with E-state index < -0.39 is 5.97 Å². The van der Waals surface area contributed by atoms with Gasteiger partial charge in [-0.2, -0.15) is 0 Å². The summed E-state index contributed by atoms with van der Waals surface area (Å²) in [6, 6.07) is 3.84. The molecule has 1 rings (SSSR count). The summed E-state index contributed by atoms with van der Waals surface area (Å²) in [6.07, 6.45) is 0.737. The zero-order valence-corrected chi connectivity index (χ0v) is 9.06. The number of hydrogen-bond acceptors (Lipinski definition) is 1. The first-order valence-electron chi connectivity index (χ1n) is 4.48. The van der Waals surface area contributed by atoms with Gasteiger partial charge in [-0.25, -0.2) is 0 Å². The SMILES string of the molecule is Cc1cc(CCC(=O)O)c(C)cc1Cl. The third-order valence-corrected chi connectivity index (χ3v) is 2.63. The van der Waals surface area contributed by atoms with Crippen LogP contribution in [0.1, 0.15) is 23.1 Å². The fourth-order valence-electron chi connectivity index (χ4n) is 1.35. The third-order valence-electron chi connectivity index (χ3n) is 2.23. The van der Waals surface area contributed by atoms with E-state index in [1.54, 1.807) is 0 Å². The van der Waals surface area contributed by atoms with Crippen molar-refractivity contribution in [1.29, 1.82) is 0 Å². The van der Waals surface area contributed by atoms with Gasteiger partial charge in [0.05, 0.1) is 0 Å². The van der Waals surface area contributed by atoms with Crippen molar-refractivity contribution in [3.63, 3.8) is 0 Å². The highest BCUT2D eigenvalue weighted by atomic mass is 35.5. The van der Waals surface area contributed by atoms with E-state index in [0.717, 1.165) is 21.7 Å². The molecule has 1 aromatic rings. The Morgan fingerprint density at radius 3 is 2.57 bits per heavy atom. The Morgan fingerprint density at radius 1 is 1.36 bits per heavy atom. The summed E-state index contributed by atoms with van der Waals surface area (Å²) >= 11 is 5.93. The number of rotatable bonds is 3. The van der Waals surface area contributed by atoms with E-state index in [1.807, 2.05) is 26.0 Å². The van der Waals surface area contributed by atoms with Gasteiger partial charge in [0.2, 0.25) is 0 Å². The number of aliphatic carboxylic acids is 1. The summed E-state index contributed by atoms with van der Waals surface area (Å²) in [4.78, 5) is 10.4. The molecule has 0 saturated carbocycles. The summed E-state index contributed by atoms with van der Waals surface area (Å²) in [6.45, 7) is 3.87. The van der Waals surface area contributed by atoms with Gasteiger partial charge < -0.3 is 5.11 Å². The Labute approximate surface area is 88.5 Å². The Bertz CT molecular complexity index is 359. The molecule has 0 aliphatic rings. The Balaban J connectivity index is 2.87. The van der Waals surface area contributed by atoms with Crippen LogP contribution in [0.5, 0.6) is 0 Å². The summed E-state index contributed by atoms with van der Waals surface area (Å²) in [5, 5.41) is 9.30. The van der Waals surface area contributed by atoms with Crippen LogP contribution in [0.15, 0.2) is 12.1 Å². The lowest BCUT2D eigenvalue weighted by Gasteiger charge is -2.07. The van der Waals surface area contributed by atoms with Crippen molar-refractivity contribution < 1.29 is 9.90 Å². The minimum Gasteiger partial charge on any atom is -0.481 e. The van der Waals surface area contributed by atoms with Crippen LogP contribution in [0.4, 0.5) is 0 Å². The zero-order chi connectivity index (χ0) is 10.7. The molecule has 0 amide bonds. The molecule has 0 heterocycles. The second-order valence-electron chi connectivity index (χ2n) is 3.42. The number of aryl methyl sites for hydroxylation is 3. The van der Waals surface area contributed by atoms with E-state index in [-0.39, 0.29) is 6.42 Å². The van der Waals surface area contributed by atoms with Crippen molar-refractivity contribution in [1.82, 2.24) is 0 Å². The van der Waals surface area contributed by atoms with Crippen molar-refractivity contribution in [2.75, 3.05) is 0 Å². The smallest absolute Gasteiger partial charge is 0.303 e. The molecule has 0 saturated heterocycles. The number of halogens is 1. The summed E-state index contributed by atoms with van der Waals surface area (Å²) < 4.78 is 0. The molecule has 0 aromatic heterocycles. The maximum absolute atomic E-state index is 10.4. The van der Waals surface area contributed by atoms with Crippen molar-refractivity contribution in [2.45, 2.75) is 26.7 Å². The molecule has 3 heteroatoms.